The third kappa shape index (κ3) is 4.96. The third-order valence-electron chi connectivity index (χ3n) is 2.35. The highest BCUT2D eigenvalue weighted by molar-refractivity contribution is 5.17. The standard InChI is InChI=1S/C13H20O2/c1-2-3-7-10-15-11-13(14)12-8-5-4-6-9-12/h4-6,8-9,13-14H,2-3,7,10-11H2,1H3/t13-/m1/s1. The maximum absolute atomic E-state index is 9.75. The van der Waals surface area contributed by atoms with E-state index in [9.17, 15) is 5.11 Å². The second-order valence-corrected chi connectivity index (χ2v) is 3.71. The Morgan fingerprint density at radius 1 is 1.20 bits per heavy atom. The minimum atomic E-state index is -0.493. The van der Waals surface area contributed by atoms with E-state index < -0.39 is 6.10 Å². The molecule has 1 aromatic carbocycles. The highest BCUT2D eigenvalue weighted by atomic mass is 16.5. The Kier molecular flexibility index (Phi) is 6.05. The summed E-state index contributed by atoms with van der Waals surface area (Å²) in [6, 6.07) is 9.63. The molecule has 1 atom stereocenters. The summed E-state index contributed by atoms with van der Waals surface area (Å²) in [6.07, 6.45) is 2.98. The summed E-state index contributed by atoms with van der Waals surface area (Å²) in [5, 5.41) is 9.75. The van der Waals surface area contributed by atoms with Gasteiger partial charge in [0.15, 0.2) is 0 Å². The fourth-order valence-electron chi connectivity index (χ4n) is 1.42. The molecule has 0 aliphatic rings. The van der Waals surface area contributed by atoms with Crippen LogP contribution in [0, 0.1) is 0 Å². The quantitative estimate of drug-likeness (QED) is 0.698. The minimum Gasteiger partial charge on any atom is -0.386 e. The first-order chi connectivity index (χ1) is 7.34. The smallest absolute Gasteiger partial charge is 0.102 e. The Morgan fingerprint density at radius 2 is 1.93 bits per heavy atom. The lowest BCUT2D eigenvalue weighted by Gasteiger charge is -2.11. The normalized spacial score (nSPS) is 12.7. The molecule has 0 fully saturated rings. The summed E-state index contributed by atoms with van der Waals surface area (Å²) >= 11 is 0. The Hall–Kier alpha value is -0.860. The molecule has 1 N–H and O–H groups in total. The van der Waals surface area contributed by atoms with Crippen molar-refractivity contribution in [3.8, 4) is 0 Å². The largest absolute Gasteiger partial charge is 0.386 e. The average molecular weight is 208 g/mol. The molecule has 0 heterocycles. The van der Waals surface area contributed by atoms with Crippen LogP contribution in [0.3, 0.4) is 0 Å². The van der Waals surface area contributed by atoms with Gasteiger partial charge in [0.2, 0.25) is 0 Å². The van der Waals surface area contributed by atoms with E-state index >= 15 is 0 Å². The van der Waals surface area contributed by atoms with Crippen LogP contribution < -0.4 is 0 Å². The number of unbranched alkanes of at least 4 members (excludes halogenated alkanes) is 2. The average Bonchev–Trinajstić information content (AvgIpc) is 2.30. The zero-order valence-corrected chi connectivity index (χ0v) is 9.36. The van der Waals surface area contributed by atoms with Crippen LogP contribution in [0.2, 0.25) is 0 Å². The van der Waals surface area contributed by atoms with Gasteiger partial charge in [0, 0.05) is 6.61 Å². The van der Waals surface area contributed by atoms with Gasteiger partial charge in [-0.05, 0) is 12.0 Å². The molecule has 0 aliphatic carbocycles. The molecule has 1 rings (SSSR count). The number of aliphatic hydroxyl groups excluding tert-OH is 1. The van der Waals surface area contributed by atoms with Crippen molar-refractivity contribution in [2.75, 3.05) is 13.2 Å². The molecule has 15 heavy (non-hydrogen) atoms. The molecule has 0 spiro atoms. The van der Waals surface area contributed by atoms with E-state index in [4.69, 9.17) is 4.74 Å². The summed E-state index contributed by atoms with van der Waals surface area (Å²) < 4.78 is 5.40. The molecule has 0 saturated carbocycles. The number of rotatable bonds is 7. The predicted molar refractivity (Wildman–Crippen MR) is 61.7 cm³/mol. The van der Waals surface area contributed by atoms with E-state index in [0.29, 0.717) is 6.61 Å². The third-order valence-corrected chi connectivity index (χ3v) is 2.35. The van der Waals surface area contributed by atoms with Crippen molar-refractivity contribution in [3.05, 3.63) is 35.9 Å². The zero-order valence-electron chi connectivity index (χ0n) is 9.36. The van der Waals surface area contributed by atoms with Gasteiger partial charge >= 0.3 is 0 Å². The summed E-state index contributed by atoms with van der Waals surface area (Å²) in [7, 11) is 0. The number of ether oxygens (including phenoxy) is 1. The summed E-state index contributed by atoms with van der Waals surface area (Å²) in [5.74, 6) is 0. The van der Waals surface area contributed by atoms with E-state index in [1.54, 1.807) is 0 Å². The van der Waals surface area contributed by atoms with Gasteiger partial charge in [-0.1, -0.05) is 50.1 Å². The summed E-state index contributed by atoms with van der Waals surface area (Å²) in [6.45, 7) is 3.31. The van der Waals surface area contributed by atoms with E-state index in [2.05, 4.69) is 6.92 Å². The highest BCUT2D eigenvalue weighted by Crippen LogP contribution is 2.12. The van der Waals surface area contributed by atoms with Gasteiger partial charge < -0.3 is 9.84 Å². The van der Waals surface area contributed by atoms with Crippen molar-refractivity contribution < 1.29 is 9.84 Å². The van der Waals surface area contributed by atoms with Crippen LogP contribution in [0.15, 0.2) is 30.3 Å². The summed E-state index contributed by atoms with van der Waals surface area (Å²) in [4.78, 5) is 0. The fourth-order valence-corrected chi connectivity index (χ4v) is 1.42. The van der Waals surface area contributed by atoms with Crippen LogP contribution in [-0.4, -0.2) is 18.3 Å². The van der Waals surface area contributed by atoms with Crippen LogP contribution in [0.25, 0.3) is 0 Å². The second kappa shape index (κ2) is 7.43. The molecule has 0 amide bonds. The highest BCUT2D eigenvalue weighted by Gasteiger charge is 2.05. The molecule has 0 aliphatic heterocycles. The molecular weight excluding hydrogens is 188 g/mol. The molecule has 0 unspecified atom stereocenters. The van der Waals surface area contributed by atoms with Gasteiger partial charge in [-0.3, -0.25) is 0 Å². The lowest BCUT2D eigenvalue weighted by molar-refractivity contribution is 0.0345. The zero-order chi connectivity index (χ0) is 10.9. The van der Waals surface area contributed by atoms with Crippen molar-refractivity contribution in [1.82, 2.24) is 0 Å². The van der Waals surface area contributed by atoms with Crippen molar-refractivity contribution in [1.29, 1.82) is 0 Å². The van der Waals surface area contributed by atoms with Crippen molar-refractivity contribution >= 4 is 0 Å². The molecule has 0 aromatic heterocycles. The lowest BCUT2D eigenvalue weighted by atomic mass is 10.1. The van der Waals surface area contributed by atoms with Gasteiger partial charge in [-0.25, -0.2) is 0 Å². The van der Waals surface area contributed by atoms with Crippen LogP contribution in [0.4, 0.5) is 0 Å². The monoisotopic (exact) mass is 208 g/mol. The minimum absolute atomic E-state index is 0.397. The maximum Gasteiger partial charge on any atom is 0.102 e. The lowest BCUT2D eigenvalue weighted by Crippen LogP contribution is -2.07. The molecule has 84 valence electrons. The van der Waals surface area contributed by atoms with E-state index in [1.165, 1.54) is 12.8 Å². The molecule has 0 saturated heterocycles. The van der Waals surface area contributed by atoms with Gasteiger partial charge in [-0.15, -0.1) is 0 Å². The first-order valence-corrected chi connectivity index (χ1v) is 5.65. The Bertz CT molecular complexity index is 246. The van der Waals surface area contributed by atoms with E-state index in [0.717, 1.165) is 18.6 Å². The maximum atomic E-state index is 9.75. The second-order valence-electron chi connectivity index (χ2n) is 3.71. The number of hydrogen-bond acceptors (Lipinski definition) is 2. The molecule has 1 aromatic rings. The van der Waals surface area contributed by atoms with Crippen LogP contribution in [-0.2, 0) is 4.74 Å². The number of aliphatic hydroxyl groups is 1. The molecule has 2 heteroatoms. The number of hydrogen-bond donors (Lipinski definition) is 1. The topological polar surface area (TPSA) is 29.5 Å². The Labute approximate surface area is 91.9 Å². The van der Waals surface area contributed by atoms with E-state index in [1.807, 2.05) is 30.3 Å². The fraction of sp³-hybridized carbons (Fsp3) is 0.538. The molecule has 0 bridgehead atoms. The van der Waals surface area contributed by atoms with Gasteiger partial charge in [0.1, 0.15) is 6.10 Å². The molecular formula is C13H20O2. The van der Waals surface area contributed by atoms with Crippen molar-refractivity contribution in [2.45, 2.75) is 32.3 Å². The molecule has 2 nitrogen and oxygen atoms in total. The Morgan fingerprint density at radius 3 is 2.60 bits per heavy atom. The van der Waals surface area contributed by atoms with Gasteiger partial charge in [-0.2, -0.15) is 0 Å². The Balaban J connectivity index is 2.16. The van der Waals surface area contributed by atoms with Crippen molar-refractivity contribution in [2.24, 2.45) is 0 Å². The van der Waals surface area contributed by atoms with Crippen LogP contribution in [0.1, 0.15) is 37.9 Å². The first kappa shape index (κ1) is 12.2. The summed E-state index contributed by atoms with van der Waals surface area (Å²) in [5.41, 5.74) is 0.924. The van der Waals surface area contributed by atoms with E-state index in [-0.39, 0.29) is 0 Å². The van der Waals surface area contributed by atoms with Gasteiger partial charge in [0.25, 0.3) is 0 Å². The predicted octanol–water partition coefficient (Wildman–Crippen LogP) is 2.93. The molecule has 0 radical (unpaired) electrons. The van der Waals surface area contributed by atoms with Gasteiger partial charge in [0.05, 0.1) is 6.61 Å². The van der Waals surface area contributed by atoms with Crippen molar-refractivity contribution in [3.63, 3.8) is 0 Å². The first-order valence-electron chi connectivity index (χ1n) is 5.65. The van der Waals surface area contributed by atoms with Crippen LogP contribution >= 0.6 is 0 Å². The number of benzene rings is 1. The SMILES string of the molecule is CCCCCOC[C@@H](O)c1ccccc1. The van der Waals surface area contributed by atoms with Crippen LogP contribution in [0.5, 0.6) is 0 Å².